The maximum Gasteiger partial charge on any atom is 0.344 e. The predicted octanol–water partition coefficient (Wildman–Crippen LogP) is 2.25. The Labute approximate surface area is 106 Å². The first kappa shape index (κ1) is 13.8. The number of hydrogen-bond acceptors (Lipinski definition) is 3. The zero-order valence-corrected chi connectivity index (χ0v) is 10.9. The summed E-state index contributed by atoms with van der Waals surface area (Å²) >= 11 is 6.04. The van der Waals surface area contributed by atoms with Crippen molar-refractivity contribution in [3.63, 3.8) is 0 Å². The van der Waals surface area contributed by atoms with Gasteiger partial charge in [0.05, 0.1) is 0 Å². The van der Waals surface area contributed by atoms with E-state index in [1.54, 1.807) is 18.2 Å². The maximum atomic E-state index is 10.7. The van der Waals surface area contributed by atoms with Crippen LogP contribution in [0.4, 0.5) is 0 Å². The van der Waals surface area contributed by atoms with Gasteiger partial charge in [0.2, 0.25) is 0 Å². The van der Waals surface area contributed by atoms with Gasteiger partial charge in [-0.25, -0.2) is 4.79 Å². The van der Waals surface area contributed by atoms with Gasteiger partial charge in [0.25, 0.3) is 0 Å². The van der Waals surface area contributed by atoms with E-state index in [-0.39, 0.29) is 0 Å². The molecule has 5 heteroatoms. The minimum Gasteiger partial charge on any atom is -0.479 e. The zero-order valence-electron chi connectivity index (χ0n) is 10.1. The fourth-order valence-corrected chi connectivity index (χ4v) is 1.52. The van der Waals surface area contributed by atoms with Crippen molar-refractivity contribution >= 4 is 17.6 Å². The molecule has 1 N–H and O–H groups in total. The van der Waals surface area contributed by atoms with Gasteiger partial charge in [-0.2, -0.15) is 0 Å². The van der Waals surface area contributed by atoms with E-state index < -0.39 is 12.1 Å². The molecule has 0 spiro atoms. The molecule has 0 saturated carbocycles. The second-order valence-electron chi connectivity index (χ2n) is 4.09. The number of benzene rings is 1. The molecule has 94 valence electrons. The first-order valence-electron chi connectivity index (χ1n) is 5.22. The van der Waals surface area contributed by atoms with E-state index in [1.165, 1.54) is 6.92 Å². The SMILES string of the molecule is CC(Oc1ccc(Cl)c(CN(C)C)c1)C(=O)O. The van der Waals surface area contributed by atoms with Crippen LogP contribution in [0.15, 0.2) is 18.2 Å². The lowest BCUT2D eigenvalue weighted by Crippen LogP contribution is -2.23. The monoisotopic (exact) mass is 257 g/mol. The molecule has 1 rings (SSSR count). The number of carboxylic acid groups (broad SMARTS) is 1. The van der Waals surface area contributed by atoms with Crippen LogP contribution >= 0.6 is 11.6 Å². The highest BCUT2D eigenvalue weighted by Crippen LogP contribution is 2.23. The van der Waals surface area contributed by atoms with Crippen molar-refractivity contribution in [2.24, 2.45) is 0 Å². The van der Waals surface area contributed by atoms with Gasteiger partial charge in [0, 0.05) is 11.6 Å². The Morgan fingerprint density at radius 1 is 1.53 bits per heavy atom. The molecule has 1 atom stereocenters. The van der Waals surface area contributed by atoms with Crippen LogP contribution in [0.25, 0.3) is 0 Å². The molecule has 0 bridgehead atoms. The molecule has 1 aromatic rings. The summed E-state index contributed by atoms with van der Waals surface area (Å²) < 4.78 is 5.28. The van der Waals surface area contributed by atoms with Crippen molar-refractivity contribution in [1.29, 1.82) is 0 Å². The number of carboxylic acids is 1. The van der Waals surface area contributed by atoms with Gasteiger partial charge < -0.3 is 14.7 Å². The van der Waals surface area contributed by atoms with E-state index in [0.29, 0.717) is 17.3 Å². The summed E-state index contributed by atoms with van der Waals surface area (Å²) in [4.78, 5) is 12.7. The third-order valence-electron chi connectivity index (χ3n) is 2.16. The van der Waals surface area contributed by atoms with Crippen LogP contribution in [0.5, 0.6) is 5.75 Å². The first-order valence-corrected chi connectivity index (χ1v) is 5.60. The minimum absolute atomic E-state index is 0.515. The minimum atomic E-state index is -0.992. The molecule has 1 aromatic carbocycles. The van der Waals surface area contributed by atoms with E-state index >= 15 is 0 Å². The number of hydrogen-bond donors (Lipinski definition) is 1. The largest absolute Gasteiger partial charge is 0.479 e. The van der Waals surface area contributed by atoms with Crippen LogP contribution in [-0.4, -0.2) is 36.2 Å². The number of aliphatic carboxylic acids is 1. The number of halogens is 1. The van der Waals surface area contributed by atoms with Crippen LogP contribution < -0.4 is 4.74 Å². The Balaban J connectivity index is 2.84. The fraction of sp³-hybridized carbons (Fsp3) is 0.417. The quantitative estimate of drug-likeness (QED) is 0.879. The Morgan fingerprint density at radius 2 is 2.18 bits per heavy atom. The molecular formula is C12H16ClNO3. The highest BCUT2D eigenvalue weighted by Gasteiger charge is 2.13. The highest BCUT2D eigenvalue weighted by molar-refractivity contribution is 6.31. The summed E-state index contributed by atoms with van der Waals surface area (Å²) in [6, 6.07) is 5.15. The van der Waals surface area contributed by atoms with Crippen molar-refractivity contribution in [2.45, 2.75) is 19.6 Å². The van der Waals surface area contributed by atoms with Crippen LogP contribution in [0, 0.1) is 0 Å². The average Bonchev–Trinajstić information content (AvgIpc) is 2.22. The Morgan fingerprint density at radius 3 is 2.71 bits per heavy atom. The standard InChI is InChI=1S/C12H16ClNO3/c1-8(12(15)16)17-10-4-5-11(13)9(6-10)7-14(2)3/h4-6,8H,7H2,1-3H3,(H,15,16). The molecule has 0 amide bonds. The molecule has 4 nitrogen and oxygen atoms in total. The average molecular weight is 258 g/mol. The third-order valence-corrected chi connectivity index (χ3v) is 2.53. The number of nitrogens with zero attached hydrogens (tertiary/aromatic N) is 1. The lowest BCUT2D eigenvalue weighted by Gasteiger charge is -2.14. The molecule has 0 aromatic heterocycles. The molecule has 0 heterocycles. The zero-order chi connectivity index (χ0) is 13.0. The highest BCUT2D eigenvalue weighted by atomic mass is 35.5. The van der Waals surface area contributed by atoms with Gasteiger partial charge in [0.15, 0.2) is 6.10 Å². The molecule has 0 saturated heterocycles. The molecule has 0 aliphatic heterocycles. The summed E-state index contributed by atoms with van der Waals surface area (Å²) in [5.41, 5.74) is 0.909. The number of carbonyl (C=O) groups is 1. The molecule has 1 unspecified atom stereocenters. The van der Waals surface area contributed by atoms with Crippen molar-refractivity contribution in [3.8, 4) is 5.75 Å². The number of rotatable bonds is 5. The molecule has 17 heavy (non-hydrogen) atoms. The molecular weight excluding hydrogens is 242 g/mol. The van der Waals surface area contributed by atoms with E-state index in [9.17, 15) is 4.79 Å². The summed E-state index contributed by atoms with van der Waals surface area (Å²) in [7, 11) is 3.87. The van der Waals surface area contributed by atoms with Gasteiger partial charge in [-0.1, -0.05) is 11.6 Å². The second kappa shape index (κ2) is 5.89. The van der Waals surface area contributed by atoms with Crippen LogP contribution in [-0.2, 0) is 11.3 Å². The lowest BCUT2D eigenvalue weighted by atomic mass is 10.2. The molecule has 0 fully saturated rings. The van der Waals surface area contributed by atoms with Gasteiger partial charge in [-0.15, -0.1) is 0 Å². The summed E-state index contributed by atoms with van der Waals surface area (Å²) in [5.74, 6) is -0.477. The van der Waals surface area contributed by atoms with E-state index in [2.05, 4.69) is 0 Å². The first-order chi connectivity index (χ1) is 7.90. The lowest BCUT2D eigenvalue weighted by molar-refractivity contribution is -0.144. The topological polar surface area (TPSA) is 49.8 Å². The predicted molar refractivity (Wildman–Crippen MR) is 66.6 cm³/mol. The van der Waals surface area contributed by atoms with Crippen LogP contribution in [0.1, 0.15) is 12.5 Å². The fourth-order valence-electron chi connectivity index (χ4n) is 1.34. The summed E-state index contributed by atoms with van der Waals surface area (Å²) in [5, 5.41) is 9.40. The molecule has 0 aliphatic rings. The van der Waals surface area contributed by atoms with Gasteiger partial charge in [-0.3, -0.25) is 0 Å². The van der Waals surface area contributed by atoms with Crippen molar-refractivity contribution in [1.82, 2.24) is 4.90 Å². The Hall–Kier alpha value is -1.26. The Kier molecular flexibility index (Phi) is 4.78. The smallest absolute Gasteiger partial charge is 0.344 e. The third kappa shape index (κ3) is 4.24. The van der Waals surface area contributed by atoms with Crippen LogP contribution in [0.2, 0.25) is 5.02 Å². The molecule has 0 radical (unpaired) electrons. The Bertz CT molecular complexity index is 407. The second-order valence-corrected chi connectivity index (χ2v) is 4.50. The summed E-state index contributed by atoms with van der Waals surface area (Å²) in [6.07, 6.45) is -0.872. The molecule has 0 aliphatic carbocycles. The van der Waals surface area contributed by atoms with Crippen molar-refractivity contribution in [2.75, 3.05) is 14.1 Å². The van der Waals surface area contributed by atoms with E-state index in [1.807, 2.05) is 19.0 Å². The maximum absolute atomic E-state index is 10.7. The number of ether oxygens (including phenoxy) is 1. The van der Waals surface area contributed by atoms with E-state index in [4.69, 9.17) is 21.4 Å². The van der Waals surface area contributed by atoms with Crippen molar-refractivity contribution < 1.29 is 14.6 Å². The van der Waals surface area contributed by atoms with Gasteiger partial charge >= 0.3 is 5.97 Å². The van der Waals surface area contributed by atoms with Gasteiger partial charge in [0.1, 0.15) is 5.75 Å². The summed E-state index contributed by atoms with van der Waals surface area (Å²) in [6.45, 7) is 2.17. The van der Waals surface area contributed by atoms with Crippen molar-refractivity contribution in [3.05, 3.63) is 28.8 Å². The van der Waals surface area contributed by atoms with Gasteiger partial charge in [-0.05, 0) is 44.8 Å². The van der Waals surface area contributed by atoms with E-state index in [0.717, 1.165) is 5.56 Å². The van der Waals surface area contributed by atoms with Crippen LogP contribution in [0.3, 0.4) is 0 Å². The normalized spacial score (nSPS) is 12.5.